The molecule has 0 unspecified atom stereocenters. The van der Waals surface area contributed by atoms with Crippen molar-refractivity contribution in [2.45, 2.75) is 6.54 Å². The van der Waals surface area contributed by atoms with Gasteiger partial charge in [-0.1, -0.05) is 48.5 Å². The predicted molar refractivity (Wildman–Crippen MR) is 78.3 cm³/mol. The second-order valence-electron chi connectivity index (χ2n) is 4.44. The molecule has 2 N–H and O–H groups in total. The van der Waals surface area contributed by atoms with E-state index in [1.807, 2.05) is 60.7 Å². The second kappa shape index (κ2) is 4.98. The van der Waals surface area contributed by atoms with E-state index in [4.69, 9.17) is 0 Å². The lowest BCUT2D eigenvalue weighted by atomic mass is 10.2. The summed E-state index contributed by atoms with van der Waals surface area (Å²) in [6, 6.07) is 19.7. The summed E-state index contributed by atoms with van der Waals surface area (Å²) >= 11 is 0. The highest BCUT2D eigenvalue weighted by molar-refractivity contribution is 5.81. The molecular weight excluding hydrogens is 236 g/mol. The molecule has 0 atom stereocenters. The monoisotopic (exact) mass is 250 g/mol. The Labute approximate surface area is 110 Å². The minimum atomic E-state index is -0.0883. The van der Waals surface area contributed by atoms with Crippen molar-refractivity contribution in [3.8, 4) is 0 Å². The lowest BCUT2D eigenvalue weighted by Crippen LogP contribution is -2.13. The number of nitrogens with one attached hydrogen (secondary N) is 2. The highest BCUT2D eigenvalue weighted by Crippen LogP contribution is 2.13. The average molecular weight is 250 g/mol. The summed E-state index contributed by atoms with van der Waals surface area (Å²) in [6.07, 6.45) is 0. The van der Waals surface area contributed by atoms with Crippen LogP contribution >= 0.6 is 0 Å². The number of pyridine rings is 1. The van der Waals surface area contributed by atoms with Crippen molar-refractivity contribution in [2.24, 2.45) is 0 Å². The zero-order valence-electron chi connectivity index (χ0n) is 10.4. The van der Waals surface area contributed by atoms with E-state index in [0.717, 1.165) is 16.5 Å². The van der Waals surface area contributed by atoms with Crippen LogP contribution in [0.15, 0.2) is 65.5 Å². The lowest BCUT2D eigenvalue weighted by molar-refractivity contribution is 1.13. The number of hydrogen-bond acceptors (Lipinski definition) is 2. The van der Waals surface area contributed by atoms with Crippen LogP contribution in [0.25, 0.3) is 10.9 Å². The Kier molecular flexibility index (Phi) is 3.02. The first-order valence-electron chi connectivity index (χ1n) is 6.23. The van der Waals surface area contributed by atoms with E-state index in [-0.39, 0.29) is 5.56 Å². The Balaban J connectivity index is 1.89. The molecule has 0 aliphatic rings. The molecule has 1 aromatic heterocycles. The number of hydrogen-bond donors (Lipinski definition) is 2. The normalized spacial score (nSPS) is 10.5. The van der Waals surface area contributed by atoms with E-state index in [9.17, 15) is 4.79 Å². The molecule has 0 radical (unpaired) electrons. The van der Waals surface area contributed by atoms with E-state index < -0.39 is 0 Å². The summed E-state index contributed by atoms with van der Waals surface area (Å²) in [5.41, 5.74) is 2.52. The Morgan fingerprint density at radius 1 is 0.947 bits per heavy atom. The van der Waals surface area contributed by atoms with Crippen LogP contribution in [0.5, 0.6) is 0 Å². The van der Waals surface area contributed by atoms with Gasteiger partial charge in [-0.15, -0.1) is 0 Å². The van der Waals surface area contributed by atoms with Crippen molar-refractivity contribution >= 4 is 16.6 Å². The van der Waals surface area contributed by atoms with Crippen molar-refractivity contribution < 1.29 is 0 Å². The zero-order chi connectivity index (χ0) is 13.1. The molecule has 0 fully saturated rings. The van der Waals surface area contributed by atoms with Crippen molar-refractivity contribution in [3.63, 3.8) is 0 Å². The molecule has 3 nitrogen and oxygen atoms in total. The van der Waals surface area contributed by atoms with Crippen molar-refractivity contribution in [3.05, 3.63) is 76.6 Å². The van der Waals surface area contributed by atoms with Gasteiger partial charge in [-0.3, -0.25) is 4.79 Å². The Morgan fingerprint density at radius 3 is 2.53 bits per heavy atom. The standard InChI is InChI=1S/C16H14N2O/c19-16-15(17-11-12-6-2-1-3-7-12)10-13-8-4-5-9-14(13)18-16/h1-10,17H,11H2,(H,18,19). The molecule has 0 saturated carbocycles. The molecule has 19 heavy (non-hydrogen) atoms. The quantitative estimate of drug-likeness (QED) is 0.750. The summed E-state index contributed by atoms with van der Waals surface area (Å²) in [5.74, 6) is 0. The number of para-hydroxylation sites is 1. The first-order valence-corrected chi connectivity index (χ1v) is 6.23. The second-order valence-corrected chi connectivity index (χ2v) is 4.44. The Hall–Kier alpha value is -2.55. The largest absolute Gasteiger partial charge is 0.376 e. The van der Waals surface area contributed by atoms with Gasteiger partial charge in [-0.25, -0.2) is 0 Å². The summed E-state index contributed by atoms with van der Waals surface area (Å²) in [7, 11) is 0. The first-order chi connectivity index (χ1) is 9.33. The number of aromatic amines is 1. The van der Waals surface area contributed by atoms with Crippen LogP contribution in [-0.4, -0.2) is 4.98 Å². The molecule has 0 spiro atoms. The Morgan fingerprint density at radius 2 is 1.68 bits per heavy atom. The molecule has 94 valence electrons. The maximum absolute atomic E-state index is 11.9. The smallest absolute Gasteiger partial charge is 0.271 e. The molecular formula is C16H14N2O. The third-order valence-corrected chi connectivity index (χ3v) is 3.08. The predicted octanol–water partition coefficient (Wildman–Crippen LogP) is 3.14. The lowest BCUT2D eigenvalue weighted by Gasteiger charge is -2.07. The van der Waals surface area contributed by atoms with Crippen molar-refractivity contribution in [1.82, 2.24) is 4.98 Å². The van der Waals surface area contributed by atoms with E-state index >= 15 is 0 Å². The highest BCUT2D eigenvalue weighted by Gasteiger charge is 2.01. The average Bonchev–Trinajstić information content (AvgIpc) is 2.46. The third kappa shape index (κ3) is 2.50. The first kappa shape index (κ1) is 11.5. The maximum Gasteiger partial charge on any atom is 0.271 e. The van der Waals surface area contributed by atoms with Crippen LogP contribution in [0.3, 0.4) is 0 Å². The minimum Gasteiger partial charge on any atom is -0.376 e. The van der Waals surface area contributed by atoms with E-state index in [1.165, 1.54) is 0 Å². The molecule has 0 aliphatic heterocycles. The molecule has 3 rings (SSSR count). The minimum absolute atomic E-state index is 0.0883. The fraction of sp³-hybridized carbons (Fsp3) is 0.0625. The van der Waals surface area contributed by atoms with Gasteiger partial charge >= 0.3 is 0 Å². The number of rotatable bonds is 3. The molecule has 3 aromatic rings. The molecule has 0 amide bonds. The number of fused-ring (bicyclic) bond motifs is 1. The van der Waals surface area contributed by atoms with Gasteiger partial charge in [-0.05, 0) is 17.7 Å². The van der Waals surface area contributed by atoms with Crippen LogP contribution in [0.2, 0.25) is 0 Å². The fourth-order valence-electron chi connectivity index (χ4n) is 2.07. The topological polar surface area (TPSA) is 44.9 Å². The van der Waals surface area contributed by atoms with Crippen LogP contribution in [0.4, 0.5) is 5.69 Å². The van der Waals surface area contributed by atoms with E-state index in [1.54, 1.807) is 0 Å². The van der Waals surface area contributed by atoms with Gasteiger partial charge < -0.3 is 10.3 Å². The van der Waals surface area contributed by atoms with Gasteiger partial charge in [-0.2, -0.15) is 0 Å². The zero-order valence-corrected chi connectivity index (χ0v) is 10.4. The fourth-order valence-corrected chi connectivity index (χ4v) is 2.07. The van der Waals surface area contributed by atoms with Crippen molar-refractivity contribution in [1.29, 1.82) is 0 Å². The Bertz CT molecular complexity index is 747. The molecule has 1 heterocycles. The van der Waals surface area contributed by atoms with Gasteiger partial charge in [0.25, 0.3) is 5.56 Å². The van der Waals surface area contributed by atoms with Crippen molar-refractivity contribution in [2.75, 3.05) is 5.32 Å². The molecule has 2 aromatic carbocycles. The number of aromatic nitrogens is 1. The van der Waals surface area contributed by atoms with E-state index in [2.05, 4.69) is 10.3 Å². The van der Waals surface area contributed by atoms with E-state index in [0.29, 0.717) is 12.2 Å². The number of anilines is 1. The SMILES string of the molecule is O=c1[nH]c2ccccc2cc1NCc1ccccc1. The van der Waals surface area contributed by atoms with Crippen LogP contribution in [0, 0.1) is 0 Å². The molecule has 0 saturated heterocycles. The molecule has 0 bridgehead atoms. The maximum atomic E-state index is 11.9. The highest BCUT2D eigenvalue weighted by atomic mass is 16.1. The molecule has 0 aliphatic carbocycles. The molecule has 3 heteroatoms. The number of H-pyrrole nitrogens is 1. The van der Waals surface area contributed by atoms with Crippen LogP contribution in [-0.2, 0) is 6.54 Å². The van der Waals surface area contributed by atoms with Gasteiger partial charge in [0.15, 0.2) is 0 Å². The van der Waals surface area contributed by atoms with Gasteiger partial charge in [0, 0.05) is 17.4 Å². The van der Waals surface area contributed by atoms with Crippen LogP contribution < -0.4 is 10.9 Å². The van der Waals surface area contributed by atoms with Gasteiger partial charge in [0.1, 0.15) is 5.69 Å². The van der Waals surface area contributed by atoms with Crippen LogP contribution in [0.1, 0.15) is 5.56 Å². The summed E-state index contributed by atoms with van der Waals surface area (Å²) in [5, 5.41) is 4.20. The summed E-state index contributed by atoms with van der Waals surface area (Å²) in [6.45, 7) is 0.641. The van der Waals surface area contributed by atoms with Gasteiger partial charge in [0.05, 0.1) is 0 Å². The van der Waals surface area contributed by atoms with Gasteiger partial charge in [0.2, 0.25) is 0 Å². The summed E-state index contributed by atoms with van der Waals surface area (Å²) < 4.78 is 0. The number of benzene rings is 2. The third-order valence-electron chi connectivity index (χ3n) is 3.08. The summed E-state index contributed by atoms with van der Waals surface area (Å²) in [4.78, 5) is 14.8.